The maximum Gasteiger partial charge on any atom is 0.220 e. The summed E-state index contributed by atoms with van der Waals surface area (Å²) in [6, 6.07) is 9.30. The van der Waals surface area contributed by atoms with Crippen LogP contribution in [0.5, 0.6) is 0 Å². The molecule has 28 heavy (non-hydrogen) atoms. The highest BCUT2D eigenvalue weighted by Gasteiger charge is 2.15. The molecule has 0 radical (unpaired) electrons. The van der Waals surface area contributed by atoms with Crippen LogP contribution in [0.3, 0.4) is 0 Å². The number of nitrogens with one attached hydrogen (secondary N) is 2. The molecular weight excluding hydrogens is 353 g/mol. The molecule has 4 N–H and O–H groups in total. The van der Waals surface area contributed by atoms with Crippen LogP contribution in [0, 0.1) is 12.7 Å². The largest absolute Gasteiger partial charge is 0.380 e. The average molecular weight is 381 g/mol. The van der Waals surface area contributed by atoms with E-state index >= 15 is 0 Å². The number of hydrogen-bond donors (Lipinski definition) is 3. The molecule has 3 rings (SSSR count). The number of nitrogen functional groups attached to an aromatic ring is 1. The summed E-state index contributed by atoms with van der Waals surface area (Å²) in [5.74, 6) is -0.00748. The zero-order valence-corrected chi connectivity index (χ0v) is 16.7. The van der Waals surface area contributed by atoms with Crippen molar-refractivity contribution in [3.63, 3.8) is 0 Å². The van der Waals surface area contributed by atoms with E-state index in [1.807, 2.05) is 25.1 Å². The lowest BCUT2D eigenvalue weighted by Crippen LogP contribution is -2.25. The SMILES string of the molecule is CCNCCC(CC)Nc1cc(-c2c(C)cccc2F)cc2cnc(N)nc12. The molecule has 1 unspecified atom stereocenters. The highest BCUT2D eigenvalue weighted by atomic mass is 19.1. The third kappa shape index (κ3) is 4.39. The molecular formula is C22H28FN5. The molecule has 1 atom stereocenters. The number of aryl methyl sites for hydroxylation is 1. The van der Waals surface area contributed by atoms with Gasteiger partial charge in [0.1, 0.15) is 5.82 Å². The van der Waals surface area contributed by atoms with Crippen molar-refractivity contribution in [2.75, 3.05) is 24.1 Å². The van der Waals surface area contributed by atoms with E-state index in [1.165, 1.54) is 6.07 Å². The van der Waals surface area contributed by atoms with Crippen LogP contribution in [-0.2, 0) is 0 Å². The lowest BCUT2D eigenvalue weighted by Gasteiger charge is -2.21. The van der Waals surface area contributed by atoms with Crippen LogP contribution in [0.1, 0.15) is 32.3 Å². The van der Waals surface area contributed by atoms with Gasteiger partial charge >= 0.3 is 0 Å². The van der Waals surface area contributed by atoms with Gasteiger partial charge in [-0.3, -0.25) is 0 Å². The number of benzene rings is 2. The van der Waals surface area contributed by atoms with Crippen molar-refractivity contribution in [1.29, 1.82) is 0 Å². The van der Waals surface area contributed by atoms with E-state index in [2.05, 4.69) is 34.4 Å². The predicted molar refractivity (Wildman–Crippen MR) is 115 cm³/mol. The monoisotopic (exact) mass is 381 g/mol. The van der Waals surface area contributed by atoms with Gasteiger partial charge in [0.15, 0.2) is 0 Å². The highest BCUT2D eigenvalue weighted by Crippen LogP contribution is 2.33. The average Bonchev–Trinajstić information content (AvgIpc) is 2.67. The van der Waals surface area contributed by atoms with Crippen molar-refractivity contribution in [3.8, 4) is 11.1 Å². The second-order valence-electron chi connectivity index (χ2n) is 7.01. The Hall–Kier alpha value is -2.73. The van der Waals surface area contributed by atoms with Gasteiger partial charge in [-0.15, -0.1) is 0 Å². The molecule has 6 heteroatoms. The number of aromatic nitrogens is 2. The first-order valence-corrected chi connectivity index (χ1v) is 9.82. The van der Waals surface area contributed by atoms with E-state index in [-0.39, 0.29) is 17.8 Å². The summed E-state index contributed by atoms with van der Waals surface area (Å²) in [7, 11) is 0. The van der Waals surface area contributed by atoms with Crippen LogP contribution in [0.4, 0.5) is 16.0 Å². The molecule has 0 fully saturated rings. The number of halogens is 1. The molecule has 0 aliphatic rings. The van der Waals surface area contributed by atoms with Gasteiger partial charge < -0.3 is 16.4 Å². The van der Waals surface area contributed by atoms with E-state index in [1.54, 1.807) is 12.3 Å². The topological polar surface area (TPSA) is 75.9 Å². The molecule has 0 saturated heterocycles. The minimum absolute atomic E-state index is 0.228. The summed E-state index contributed by atoms with van der Waals surface area (Å²) in [6.07, 6.45) is 3.65. The van der Waals surface area contributed by atoms with E-state index in [0.29, 0.717) is 5.56 Å². The maximum absolute atomic E-state index is 14.6. The minimum atomic E-state index is -0.235. The molecule has 3 aromatic rings. The van der Waals surface area contributed by atoms with Gasteiger partial charge in [0, 0.05) is 23.2 Å². The van der Waals surface area contributed by atoms with E-state index < -0.39 is 0 Å². The smallest absolute Gasteiger partial charge is 0.220 e. The van der Waals surface area contributed by atoms with Crippen molar-refractivity contribution in [3.05, 3.63) is 47.9 Å². The molecule has 0 aliphatic carbocycles. The Bertz CT molecular complexity index is 937. The summed E-state index contributed by atoms with van der Waals surface area (Å²) in [5.41, 5.74) is 9.74. The fourth-order valence-electron chi connectivity index (χ4n) is 3.46. The molecule has 0 spiro atoms. The van der Waals surface area contributed by atoms with E-state index in [9.17, 15) is 4.39 Å². The van der Waals surface area contributed by atoms with Crippen LogP contribution in [0.2, 0.25) is 0 Å². The molecule has 1 heterocycles. The number of hydrogen-bond acceptors (Lipinski definition) is 5. The van der Waals surface area contributed by atoms with Crippen molar-refractivity contribution >= 4 is 22.5 Å². The van der Waals surface area contributed by atoms with Gasteiger partial charge in [-0.1, -0.05) is 26.0 Å². The first kappa shape index (κ1) is 20.0. The molecule has 2 aromatic carbocycles. The fourth-order valence-corrected chi connectivity index (χ4v) is 3.46. The molecule has 148 valence electrons. The molecule has 0 bridgehead atoms. The Morgan fingerprint density at radius 1 is 1.21 bits per heavy atom. The van der Waals surface area contributed by atoms with Crippen molar-refractivity contribution in [1.82, 2.24) is 15.3 Å². The second kappa shape index (κ2) is 8.97. The van der Waals surface area contributed by atoms with Crippen LogP contribution < -0.4 is 16.4 Å². The number of anilines is 2. The predicted octanol–water partition coefficient (Wildman–Crippen LogP) is 4.52. The lowest BCUT2D eigenvalue weighted by atomic mass is 9.97. The molecule has 5 nitrogen and oxygen atoms in total. The van der Waals surface area contributed by atoms with Gasteiger partial charge in [-0.2, -0.15) is 0 Å². The zero-order chi connectivity index (χ0) is 20.1. The summed E-state index contributed by atoms with van der Waals surface area (Å²) < 4.78 is 14.6. The molecule has 1 aromatic heterocycles. The van der Waals surface area contributed by atoms with Gasteiger partial charge in [-0.25, -0.2) is 14.4 Å². The van der Waals surface area contributed by atoms with Crippen molar-refractivity contribution in [2.24, 2.45) is 0 Å². The lowest BCUT2D eigenvalue weighted by molar-refractivity contribution is 0.585. The van der Waals surface area contributed by atoms with Crippen LogP contribution in [0.25, 0.3) is 22.0 Å². The van der Waals surface area contributed by atoms with Crippen LogP contribution in [-0.4, -0.2) is 29.1 Å². The fraction of sp³-hybridized carbons (Fsp3) is 0.364. The van der Waals surface area contributed by atoms with Gasteiger partial charge in [0.05, 0.1) is 11.2 Å². The second-order valence-corrected chi connectivity index (χ2v) is 7.01. The first-order chi connectivity index (χ1) is 13.5. The summed E-state index contributed by atoms with van der Waals surface area (Å²) in [6.45, 7) is 8.05. The van der Waals surface area contributed by atoms with Crippen LogP contribution >= 0.6 is 0 Å². The van der Waals surface area contributed by atoms with Gasteiger partial charge in [0.2, 0.25) is 5.95 Å². The standard InChI is InChI=1S/C22H28FN5/c1-4-17(9-10-25-5-2)27-19-12-15(20-14(3)7-6-8-18(20)23)11-16-13-26-22(24)28-21(16)19/h6-8,11-13,17,25,27H,4-5,9-10H2,1-3H3,(H2,24,26,28). The Balaban J connectivity index is 2.07. The quantitative estimate of drug-likeness (QED) is 0.500. The number of nitrogens with two attached hydrogens (primary N) is 1. The maximum atomic E-state index is 14.6. The molecule has 0 saturated carbocycles. The van der Waals surface area contributed by atoms with Crippen LogP contribution in [0.15, 0.2) is 36.5 Å². The third-order valence-electron chi connectivity index (χ3n) is 4.98. The van der Waals surface area contributed by atoms with Gasteiger partial charge in [0.25, 0.3) is 0 Å². The Kier molecular flexibility index (Phi) is 6.41. The van der Waals surface area contributed by atoms with Crippen molar-refractivity contribution < 1.29 is 4.39 Å². The third-order valence-corrected chi connectivity index (χ3v) is 4.98. The first-order valence-electron chi connectivity index (χ1n) is 9.82. The van der Waals surface area contributed by atoms with Gasteiger partial charge in [-0.05, 0) is 62.2 Å². The Morgan fingerprint density at radius 3 is 2.75 bits per heavy atom. The Morgan fingerprint density at radius 2 is 2.04 bits per heavy atom. The number of fused-ring (bicyclic) bond motifs is 1. The summed E-state index contributed by atoms with van der Waals surface area (Å²) in [5, 5.41) is 7.79. The van der Waals surface area contributed by atoms with Crippen molar-refractivity contribution in [2.45, 2.75) is 39.7 Å². The summed E-state index contributed by atoms with van der Waals surface area (Å²) in [4.78, 5) is 8.56. The summed E-state index contributed by atoms with van der Waals surface area (Å²) >= 11 is 0. The molecule has 0 aliphatic heterocycles. The number of nitrogens with zero attached hydrogens (tertiary/aromatic N) is 2. The normalized spacial score (nSPS) is 12.3. The minimum Gasteiger partial charge on any atom is -0.380 e. The number of rotatable bonds is 8. The Labute approximate surface area is 165 Å². The van der Waals surface area contributed by atoms with E-state index in [4.69, 9.17) is 5.73 Å². The molecule has 0 amide bonds. The zero-order valence-electron chi connectivity index (χ0n) is 16.7. The van der Waals surface area contributed by atoms with E-state index in [0.717, 1.165) is 53.6 Å². The highest BCUT2D eigenvalue weighted by molar-refractivity contribution is 5.95.